The van der Waals surface area contributed by atoms with Crippen molar-refractivity contribution >= 4 is 34.7 Å². The maximum Gasteiger partial charge on any atom is 0.278 e. The molecule has 0 atom stereocenters. The van der Waals surface area contributed by atoms with Gasteiger partial charge in [-0.2, -0.15) is 0 Å². The molecule has 1 N–H and O–H groups in total. The topological polar surface area (TPSA) is 58.6 Å². The van der Waals surface area contributed by atoms with Gasteiger partial charge in [0.1, 0.15) is 11.4 Å². The van der Waals surface area contributed by atoms with Crippen molar-refractivity contribution in [2.45, 2.75) is 40.2 Å². The average molecular weight is 413 g/mol. The second-order valence-electron chi connectivity index (χ2n) is 7.29. The summed E-state index contributed by atoms with van der Waals surface area (Å²) in [6, 6.07) is 12.7. The number of imide groups is 1. The standard InChI is InChI=1S/C23H25ClN2O3/c1-5-12-26-22(27)20(16-7-10-18(11-8-16)29-14(2)3)21(23(26)28)25-17-9-6-15(4)19(24)13-17/h6-11,13-14,25H,5,12H2,1-4H3. The quantitative estimate of drug-likeness (QED) is 0.647. The first-order valence-corrected chi connectivity index (χ1v) is 10.1. The number of ether oxygens (including phenoxy) is 1. The first-order chi connectivity index (χ1) is 13.8. The van der Waals surface area contributed by atoms with E-state index in [-0.39, 0.29) is 23.6 Å². The van der Waals surface area contributed by atoms with Crippen molar-refractivity contribution in [3.8, 4) is 5.75 Å². The molecule has 152 valence electrons. The molecular formula is C23H25ClN2O3. The largest absolute Gasteiger partial charge is 0.491 e. The van der Waals surface area contributed by atoms with E-state index in [1.165, 1.54) is 4.90 Å². The van der Waals surface area contributed by atoms with E-state index in [2.05, 4.69) is 5.32 Å². The van der Waals surface area contributed by atoms with Crippen LogP contribution in [0.2, 0.25) is 5.02 Å². The molecule has 2 amide bonds. The van der Waals surface area contributed by atoms with Crippen molar-refractivity contribution in [3.63, 3.8) is 0 Å². The number of anilines is 1. The summed E-state index contributed by atoms with van der Waals surface area (Å²) in [5.41, 5.74) is 2.89. The molecule has 1 heterocycles. The highest BCUT2D eigenvalue weighted by atomic mass is 35.5. The van der Waals surface area contributed by atoms with Crippen molar-refractivity contribution in [1.29, 1.82) is 0 Å². The number of nitrogens with zero attached hydrogens (tertiary/aromatic N) is 1. The number of hydrogen-bond acceptors (Lipinski definition) is 4. The van der Waals surface area contributed by atoms with E-state index in [1.807, 2.05) is 52.0 Å². The third kappa shape index (κ3) is 4.46. The minimum atomic E-state index is -0.328. The van der Waals surface area contributed by atoms with Crippen LogP contribution >= 0.6 is 11.6 Å². The molecule has 0 radical (unpaired) electrons. The van der Waals surface area contributed by atoms with E-state index < -0.39 is 0 Å². The van der Waals surface area contributed by atoms with Gasteiger partial charge in [0.05, 0.1) is 11.7 Å². The minimum Gasteiger partial charge on any atom is -0.491 e. The summed E-state index contributed by atoms with van der Waals surface area (Å²) < 4.78 is 5.68. The Kier molecular flexibility index (Phi) is 6.28. The lowest BCUT2D eigenvalue weighted by Gasteiger charge is -2.14. The zero-order valence-corrected chi connectivity index (χ0v) is 17.8. The first-order valence-electron chi connectivity index (χ1n) is 9.72. The monoisotopic (exact) mass is 412 g/mol. The number of benzene rings is 2. The summed E-state index contributed by atoms with van der Waals surface area (Å²) in [7, 11) is 0. The SMILES string of the molecule is CCCN1C(=O)C(Nc2ccc(C)c(Cl)c2)=C(c2ccc(OC(C)C)cc2)C1=O. The molecule has 2 aromatic carbocycles. The molecular weight excluding hydrogens is 388 g/mol. The highest BCUT2D eigenvalue weighted by Crippen LogP contribution is 2.32. The van der Waals surface area contributed by atoms with Gasteiger partial charge in [-0.25, -0.2) is 0 Å². The summed E-state index contributed by atoms with van der Waals surface area (Å²) in [5, 5.41) is 3.72. The van der Waals surface area contributed by atoms with Crippen LogP contribution in [0.25, 0.3) is 5.57 Å². The molecule has 0 aliphatic carbocycles. The second kappa shape index (κ2) is 8.70. The Morgan fingerprint density at radius 1 is 1.07 bits per heavy atom. The van der Waals surface area contributed by atoms with Crippen LogP contribution in [-0.2, 0) is 9.59 Å². The second-order valence-corrected chi connectivity index (χ2v) is 7.70. The van der Waals surface area contributed by atoms with Gasteiger partial charge < -0.3 is 10.1 Å². The molecule has 0 aromatic heterocycles. The predicted octanol–water partition coefficient (Wildman–Crippen LogP) is 5.04. The van der Waals surface area contributed by atoms with Gasteiger partial charge in [-0.05, 0) is 62.6 Å². The van der Waals surface area contributed by atoms with Gasteiger partial charge >= 0.3 is 0 Å². The third-order valence-corrected chi connectivity index (χ3v) is 4.98. The van der Waals surface area contributed by atoms with Gasteiger partial charge in [-0.1, -0.05) is 36.7 Å². The molecule has 0 bridgehead atoms. The number of carbonyl (C=O) groups excluding carboxylic acids is 2. The van der Waals surface area contributed by atoms with Crippen LogP contribution in [-0.4, -0.2) is 29.4 Å². The molecule has 0 spiro atoms. The summed E-state index contributed by atoms with van der Waals surface area (Å²) in [6.45, 7) is 8.11. The van der Waals surface area contributed by atoms with Crippen molar-refractivity contribution in [2.75, 3.05) is 11.9 Å². The van der Waals surface area contributed by atoms with E-state index in [4.69, 9.17) is 16.3 Å². The van der Waals surface area contributed by atoms with Crippen molar-refractivity contribution in [3.05, 3.63) is 64.3 Å². The average Bonchev–Trinajstić information content (AvgIpc) is 2.90. The van der Waals surface area contributed by atoms with Crippen LogP contribution < -0.4 is 10.1 Å². The summed E-state index contributed by atoms with van der Waals surface area (Å²) >= 11 is 6.22. The van der Waals surface area contributed by atoms with Crippen molar-refractivity contribution < 1.29 is 14.3 Å². The molecule has 3 rings (SSSR count). The van der Waals surface area contributed by atoms with Crippen LogP contribution in [0.15, 0.2) is 48.2 Å². The molecule has 1 aliphatic heterocycles. The summed E-state index contributed by atoms with van der Waals surface area (Å²) in [6.07, 6.45) is 0.744. The van der Waals surface area contributed by atoms with Gasteiger partial charge in [0, 0.05) is 17.3 Å². The molecule has 5 nitrogen and oxygen atoms in total. The maximum absolute atomic E-state index is 13.0. The fraction of sp³-hybridized carbons (Fsp3) is 0.304. The van der Waals surface area contributed by atoms with Gasteiger partial charge in [0.25, 0.3) is 11.8 Å². The van der Waals surface area contributed by atoms with E-state index in [0.717, 1.165) is 5.56 Å². The van der Waals surface area contributed by atoms with Gasteiger partial charge in [-0.15, -0.1) is 0 Å². The Labute approximate surface area is 176 Å². The Morgan fingerprint density at radius 3 is 2.34 bits per heavy atom. The lowest BCUT2D eigenvalue weighted by Crippen LogP contribution is -2.33. The van der Waals surface area contributed by atoms with Crippen LogP contribution in [0.1, 0.15) is 38.3 Å². The number of aryl methyl sites for hydroxylation is 1. The Bertz CT molecular complexity index is 965. The molecule has 29 heavy (non-hydrogen) atoms. The molecule has 0 fully saturated rings. The molecule has 0 unspecified atom stereocenters. The molecule has 2 aromatic rings. The number of carbonyl (C=O) groups is 2. The number of hydrogen-bond donors (Lipinski definition) is 1. The highest BCUT2D eigenvalue weighted by Gasteiger charge is 2.38. The van der Waals surface area contributed by atoms with Crippen molar-refractivity contribution in [1.82, 2.24) is 4.90 Å². The molecule has 0 saturated carbocycles. The number of amides is 2. The normalized spacial score (nSPS) is 14.2. The number of nitrogens with one attached hydrogen (secondary N) is 1. The highest BCUT2D eigenvalue weighted by molar-refractivity contribution is 6.36. The number of halogens is 1. The van der Waals surface area contributed by atoms with Crippen LogP contribution in [0, 0.1) is 6.92 Å². The zero-order chi connectivity index (χ0) is 21.1. The van der Waals surface area contributed by atoms with Crippen LogP contribution in [0.3, 0.4) is 0 Å². The van der Waals surface area contributed by atoms with Crippen LogP contribution in [0.4, 0.5) is 5.69 Å². The lowest BCUT2D eigenvalue weighted by molar-refractivity contribution is -0.136. The van der Waals surface area contributed by atoms with E-state index in [0.29, 0.717) is 40.6 Å². The van der Waals surface area contributed by atoms with Gasteiger partial charge in [0.2, 0.25) is 0 Å². The fourth-order valence-corrected chi connectivity index (χ4v) is 3.35. The zero-order valence-electron chi connectivity index (χ0n) is 17.1. The van der Waals surface area contributed by atoms with Crippen LogP contribution in [0.5, 0.6) is 5.75 Å². The van der Waals surface area contributed by atoms with E-state index in [9.17, 15) is 9.59 Å². The molecule has 6 heteroatoms. The van der Waals surface area contributed by atoms with Gasteiger partial charge in [0.15, 0.2) is 0 Å². The first kappa shape index (κ1) is 20.9. The molecule has 0 saturated heterocycles. The lowest BCUT2D eigenvalue weighted by atomic mass is 10.0. The fourth-order valence-electron chi connectivity index (χ4n) is 3.17. The third-order valence-electron chi connectivity index (χ3n) is 4.57. The minimum absolute atomic E-state index is 0.0540. The predicted molar refractivity (Wildman–Crippen MR) is 116 cm³/mol. The summed E-state index contributed by atoms with van der Waals surface area (Å²) in [4.78, 5) is 27.3. The van der Waals surface area contributed by atoms with E-state index in [1.54, 1.807) is 18.2 Å². The Morgan fingerprint density at radius 2 is 1.76 bits per heavy atom. The van der Waals surface area contributed by atoms with E-state index >= 15 is 0 Å². The Hall–Kier alpha value is -2.79. The van der Waals surface area contributed by atoms with Crippen molar-refractivity contribution in [2.24, 2.45) is 0 Å². The number of rotatable bonds is 7. The van der Waals surface area contributed by atoms with Gasteiger partial charge in [-0.3, -0.25) is 14.5 Å². The molecule has 1 aliphatic rings. The maximum atomic E-state index is 13.0. The Balaban J connectivity index is 2.02. The smallest absolute Gasteiger partial charge is 0.278 e. The summed E-state index contributed by atoms with van der Waals surface area (Å²) in [5.74, 6) is 0.0903.